The van der Waals surface area contributed by atoms with Gasteiger partial charge in [0.1, 0.15) is 0 Å². The van der Waals surface area contributed by atoms with Gasteiger partial charge in [-0.15, -0.1) is 10.2 Å². The zero-order chi connectivity index (χ0) is 22.0. The minimum atomic E-state index is -4.37. The standard InChI is InChI=1S/C23H19F3N4O/c1-14(22-27-29-30-28-22)5-12-21(31)17-8-11-20-16(13-17)3-2-4-19(20)15-6-9-18(10-7-15)23(24,25)26/h2-4,6-11,13-14H,5,12H2,1H3,(H,27,28,29,30)/t14-/m1/s1. The monoisotopic (exact) mass is 424 g/mol. The highest BCUT2D eigenvalue weighted by Gasteiger charge is 2.30. The molecule has 158 valence electrons. The fourth-order valence-electron chi connectivity index (χ4n) is 3.55. The molecule has 8 heteroatoms. The minimum Gasteiger partial charge on any atom is -0.294 e. The number of hydrogen-bond acceptors (Lipinski definition) is 4. The molecule has 5 nitrogen and oxygen atoms in total. The molecule has 0 fully saturated rings. The molecule has 1 N–H and O–H groups in total. The number of fused-ring (bicyclic) bond motifs is 1. The molecule has 0 saturated carbocycles. The summed E-state index contributed by atoms with van der Waals surface area (Å²) >= 11 is 0. The number of Topliss-reactive ketones (excluding diaryl/α,β-unsaturated/α-hetero) is 1. The molecule has 1 atom stereocenters. The lowest BCUT2D eigenvalue weighted by molar-refractivity contribution is -0.137. The van der Waals surface area contributed by atoms with Crippen LogP contribution >= 0.6 is 0 Å². The number of ketones is 1. The molecular weight excluding hydrogens is 405 g/mol. The lowest BCUT2D eigenvalue weighted by atomic mass is 9.94. The molecule has 0 aliphatic heterocycles. The van der Waals surface area contributed by atoms with Gasteiger partial charge in [0, 0.05) is 17.9 Å². The second kappa shape index (κ2) is 8.29. The Morgan fingerprint density at radius 1 is 1.06 bits per heavy atom. The predicted molar refractivity (Wildman–Crippen MR) is 111 cm³/mol. The maximum absolute atomic E-state index is 12.8. The summed E-state index contributed by atoms with van der Waals surface area (Å²) < 4.78 is 38.5. The number of benzene rings is 3. The van der Waals surface area contributed by atoms with Gasteiger partial charge in [-0.05, 0) is 46.5 Å². The summed E-state index contributed by atoms with van der Waals surface area (Å²) in [6.45, 7) is 1.94. The first-order valence-electron chi connectivity index (χ1n) is 9.80. The third kappa shape index (κ3) is 4.47. The molecular formula is C23H19F3N4O. The number of alkyl halides is 3. The molecule has 31 heavy (non-hydrogen) atoms. The highest BCUT2D eigenvalue weighted by atomic mass is 19.4. The van der Waals surface area contributed by atoms with E-state index in [-0.39, 0.29) is 11.7 Å². The van der Waals surface area contributed by atoms with E-state index in [0.29, 0.717) is 29.8 Å². The molecule has 0 spiro atoms. The Balaban J connectivity index is 1.56. The molecule has 0 aliphatic rings. The molecule has 0 unspecified atom stereocenters. The Labute approximate surface area is 176 Å². The molecule has 0 radical (unpaired) electrons. The first kappa shape index (κ1) is 20.7. The molecule has 1 aromatic heterocycles. The van der Waals surface area contributed by atoms with Crippen LogP contribution in [0.2, 0.25) is 0 Å². The van der Waals surface area contributed by atoms with Gasteiger partial charge in [-0.1, -0.05) is 54.6 Å². The Morgan fingerprint density at radius 3 is 2.52 bits per heavy atom. The maximum Gasteiger partial charge on any atom is 0.416 e. The highest BCUT2D eigenvalue weighted by Crippen LogP contribution is 2.33. The van der Waals surface area contributed by atoms with Gasteiger partial charge in [-0.3, -0.25) is 4.79 Å². The summed E-state index contributed by atoms with van der Waals surface area (Å²) in [5, 5.41) is 15.6. The van der Waals surface area contributed by atoms with Crippen molar-refractivity contribution >= 4 is 16.6 Å². The fourth-order valence-corrected chi connectivity index (χ4v) is 3.55. The lowest BCUT2D eigenvalue weighted by Gasteiger charge is -2.11. The molecule has 0 amide bonds. The largest absolute Gasteiger partial charge is 0.416 e. The van der Waals surface area contributed by atoms with Gasteiger partial charge in [-0.2, -0.15) is 18.4 Å². The van der Waals surface area contributed by atoms with Crippen molar-refractivity contribution in [1.82, 2.24) is 20.6 Å². The van der Waals surface area contributed by atoms with Crippen molar-refractivity contribution in [2.75, 3.05) is 0 Å². The number of halogens is 3. The van der Waals surface area contributed by atoms with Crippen LogP contribution in [0.1, 0.15) is 47.4 Å². The summed E-state index contributed by atoms with van der Waals surface area (Å²) in [5.41, 5.74) is 1.42. The second-order valence-corrected chi connectivity index (χ2v) is 7.45. The number of carbonyl (C=O) groups is 1. The number of hydrogen-bond donors (Lipinski definition) is 1. The van der Waals surface area contributed by atoms with Gasteiger partial charge in [0.15, 0.2) is 11.6 Å². The van der Waals surface area contributed by atoms with Gasteiger partial charge in [0.2, 0.25) is 0 Å². The van der Waals surface area contributed by atoms with Gasteiger partial charge in [-0.25, -0.2) is 0 Å². The van der Waals surface area contributed by atoms with Crippen molar-refractivity contribution in [2.24, 2.45) is 0 Å². The van der Waals surface area contributed by atoms with E-state index in [1.54, 1.807) is 6.07 Å². The number of aromatic amines is 1. The van der Waals surface area contributed by atoms with E-state index in [9.17, 15) is 18.0 Å². The second-order valence-electron chi connectivity index (χ2n) is 7.45. The predicted octanol–water partition coefficient (Wildman–Crippen LogP) is 5.81. The molecule has 1 heterocycles. The Bertz CT molecular complexity index is 1200. The number of nitrogens with one attached hydrogen (secondary N) is 1. The fraction of sp³-hybridized carbons (Fsp3) is 0.217. The van der Waals surface area contributed by atoms with Crippen molar-refractivity contribution in [1.29, 1.82) is 0 Å². The summed E-state index contributed by atoms with van der Waals surface area (Å²) in [4.78, 5) is 12.7. The van der Waals surface area contributed by atoms with E-state index in [2.05, 4.69) is 20.6 Å². The van der Waals surface area contributed by atoms with Crippen LogP contribution in [0.4, 0.5) is 13.2 Å². The number of carbonyl (C=O) groups excluding carboxylic acids is 1. The summed E-state index contributed by atoms with van der Waals surface area (Å²) in [6.07, 6.45) is -3.42. The van der Waals surface area contributed by atoms with E-state index in [0.717, 1.165) is 28.5 Å². The van der Waals surface area contributed by atoms with Crippen molar-refractivity contribution in [3.8, 4) is 11.1 Å². The van der Waals surface area contributed by atoms with Crippen LogP contribution in [-0.4, -0.2) is 26.4 Å². The van der Waals surface area contributed by atoms with E-state index in [1.165, 1.54) is 12.1 Å². The van der Waals surface area contributed by atoms with E-state index in [1.807, 2.05) is 37.3 Å². The van der Waals surface area contributed by atoms with Crippen molar-refractivity contribution < 1.29 is 18.0 Å². The van der Waals surface area contributed by atoms with Crippen LogP contribution in [0.3, 0.4) is 0 Å². The van der Waals surface area contributed by atoms with Gasteiger partial charge >= 0.3 is 6.18 Å². The number of rotatable bonds is 6. The van der Waals surface area contributed by atoms with E-state index in [4.69, 9.17) is 0 Å². The van der Waals surface area contributed by atoms with Crippen LogP contribution in [-0.2, 0) is 6.18 Å². The molecule has 0 bridgehead atoms. The average molecular weight is 424 g/mol. The summed E-state index contributed by atoms with van der Waals surface area (Å²) in [5.74, 6) is 0.596. The SMILES string of the molecule is C[C@H](CCC(=O)c1ccc2c(-c3ccc(C(F)(F)F)cc3)cccc2c1)c1nn[nH]n1. The highest BCUT2D eigenvalue weighted by molar-refractivity contribution is 6.03. The number of tetrazole rings is 1. The number of aromatic nitrogens is 4. The maximum atomic E-state index is 12.8. The summed E-state index contributed by atoms with van der Waals surface area (Å²) in [7, 11) is 0. The first-order chi connectivity index (χ1) is 14.8. The molecule has 0 aliphatic carbocycles. The first-order valence-corrected chi connectivity index (χ1v) is 9.80. The minimum absolute atomic E-state index is 0.00873. The van der Waals surface area contributed by atoms with E-state index >= 15 is 0 Å². The smallest absolute Gasteiger partial charge is 0.294 e. The third-order valence-corrected chi connectivity index (χ3v) is 5.33. The quantitative estimate of drug-likeness (QED) is 0.397. The molecule has 0 saturated heterocycles. The Hall–Kier alpha value is -3.55. The third-order valence-electron chi connectivity index (χ3n) is 5.33. The number of H-pyrrole nitrogens is 1. The lowest BCUT2D eigenvalue weighted by Crippen LogP contribution is -2.04. The summed E-state index contributed by atoms with van der Waals surface area (Å²) in [6, 6.07) is 16.1. The van der Waals surface area contributed by atoms with Gasteiger partial charge < -0.3 is 0 Å². The topological polar surface area (TPSA) is 71.5 Å². The van der Waals surface area contributed by atoms with Crippen LogP contribution in [0.15, 0.2) is 60.7 Å². The number of nitrogens with zero attached hydrogens (tertiary/aromatic N) is 3. The van der Waals surface area contributed by atoms with Crippen LogP contribution in [0.5, 0.6) is 0 Å². The van der Waals surface area contributed by atoms with Gasteiger partial charge in [0.05, 0.1) is 5.56 Å². The normalized spacial score (nSPS) is 12.8. The van der Waals surface area contributed by atoms with Crippen molar-refractivity contribution in [3.05, 3.63) is 77.6 Å². The van der Waals surface area contributed by atoms with Crippen LogP contribution in [0, 0.1) is 0 Å². The van der Waals surface area contributed by atoms with E-state index < -0.39 is 11.7 Å². The zero-order valence-electron chi connectivity index (χ0n) is 16.6. The zero-order valence-corrected chi connectivity index (χ0v) is 16.6. The van der Waals surface area contributed by atoms with Crippen LogP contribution in [0.25, 0.3) is 21.9 Å². The van der Waals surface area contributed by atoms with Gasteiger partial charge in [0.25, 0.3) is 0 Å². The molecule has 3 aromatic carbocycles. The van der Waals surface area contributed by atoms with Crippen molar-refractivity contribution in [2.45, 2.75) is 31.9 Å². The average Bonchev–Trinajstić information content (AvgIpc) is 3.31. The Kier molecular flexibility index (Phi) is 5.54. The van der Waals surface area contributed by atoms with Crippen molar-refractivity contribution in [3.63, 3.8) is 0 Å². The molecule has 4 rings (SSSR count). The molecule has 4 aromatic rings. The Morgan fingerprint density at radius 2 is 1.84 bits per heavy atom. The van der Waals surface area contributed by atoms with Crippen LogP contribution < -0.4 is 0 Å².